The van der Waals surface area contributed by atoms with Crippen LogP contribution < -0.4 is 5.32 Å². The van der Waals surface area contributed by atoms with Crippen LogP contribution in [0, 0.1) is 5.82 Å². The molecule has 1 rings (SSSR count). The number of benzene rings is 1. The highest BCUT2D eigenvalue weighted by Crippen LogP contribution is 2.12. The molecule has 112 valence electrons. The van der Waals surface area contributed by atoms with Crippen LogP contribution in [0.2, 0.25) is 0 Å². The molecule has 0 fully saturated rings. The Morgan fingerprint density at radius 1 is 1.50 bits per heavy atom. The Morgan fingerprint density at radius 3 is 2.75 bits per heavy atom. The van der Waals surface area contributed by atoms with Gasteiger partial charge in [-0.05, 0) is 24.6 Å². The SMILES string of the molecule is COCCC(C)(O)CNCc1ccc(C(=O)O)c(F)c1. The molecule has 0 heterocycles. The summed E-state index contributed by atoms with van der Waals surface area (Å²) < 4.78 is 18.4. The molecular formula is C14H20FNO4. The highest BCUT2D eigenvalue weighted by atomic mass is 19.1. The second-order valence-electron chi connectivity index (χ2n) is 4.96. The maximum absolute atomic E-state index is 13.5. The van der Waals surface area contributed by atoms with Crippen LogP contribution in [0.4, 0.5) is 4.39 Å². The lowest BCUT2D eigenvalue weighted by atomic mass is 10.0. The van der Waals surface area contributed by atoms with Crippen molar-refractivity contribution in [3.63, 3.8) is 0 Å². The number of rotatable bonds is 8. The minimum Gasteiger partial charge on any atom is -0.478 e. The van der Waals surface area contributed by atoms with Crippen LogP contribution in [0.3, 0.4) is 0 Å². The molecule has 3 N–H and O–H groups in total. The second kappa shape index (κ2) is 7.33. The molecule has 1 aromatic carbocycles. The summed E-state index contributed by atoms with van der Waals surface area (Å²) in [7, 11) is 1.57. The lowest BCUT2D eigenvalue weighted by molar-refractivity contribution is 0.0247. The molecule has 0 bridgehead atoms. The van der Waals surface area contributed by atoms with Gasteiger partial charge in [0.15, 0.2) is 0 Å². The molecule has 0 aliphatic heterocycles. The van der Waals surface area contributed by atoms with Gasteiger partial charge in [-0.25, -0.2) is 9.18 Å². The van der Waals surface area contributed by atoms with E-state index in [1.807, 2.05) is 0 Å². The van der Waals surface area contributed by atoms with Crippen LogP contribution in [0.5, 0.6) is 0 Å². The Kier molecular flexibility index (Phi) is 6.06. The van der Waals surface area contributed by atoms with E-state index in [0.717, 1.165) is 0 Å². The van der Waals surface area contributed by atoms with Crippen molar-refractivity contribution < 1.29 is 24.1 Å². The third kappa shape index (κ3) is 5.24. The number of aromatic carboxylic acids is 1. The molecule has 5 nitrogen and oxygen atoms in total. The van der Waals surface area contributed by atoms with Crippen molar-refractivity contribution in [2.24, 2.45) is 0 Å². The number of methoxy groups -OCH3 is 1. The predicted octanol–water partition coefficient (Wildman–Crippen LogP) is 1.40. The molecular weight excluding hydrogens is 265 g/mol. The Morgan fingerprint density at radius 2 is 2.20 bits per heavy atom. The quantitative estimate of drug-likeness (QED) is 0.673. The maximum Gasteiger partial charge on any atom is 0.338 e. The largest absolute Gasteiger partial charge is 0.478 e. The molecule has 20 heavy (non-hydrogen) atoms. The van der Waals surface area contributed by atoms with Gasteiger partial charge in [-0.2, -0.15) is 0 Å². The second-order valence-corrected chi connectivity index (χ2v) is 4.96. The molecule has 0 radical (unpaired) electrons. The first kappa shape index (κ1) is 16.6. The Labute approximate surface area is 117 Å². The van der Waals surface area contributed by atoms with Crippen molar-refractivity contribution in [3.8, 4) is 0 Å². The third-order valence-corrected chi connectivity index (χ3v) is 2.94. The van der Waals surface area contributed by atoms with E-state index in [-0.39, 0.29) is 5.56 Å². The van der Waals surface area contributed by atoms with Gasteiger partial charge in [0, 0.05) is 33.2 Å². The lowest BCUT2D eigenvalue weighted by Crippen LogP contribution is -2.38. The number of hydrogen-bond acceptors (Lipinski definition) is 4. The molecule has 0 aromatic heterocycles. The fourth-order valence-electron chi connectivity index (χ4n) is 1.73. The number of aliphatic hydroxyl groups is 1. The summed E-state index contributed by atoms with van der Waals surface area (Å²) >= 11 is 0. The van der Waals surface area contributed by atoms with E-state index in [9.17, 15) is 14.3 Å². The summed E-state index contributed by atoms with van der Waals surface area (Å²) in [6.45, 7) is 2.82. The van der Waals surface area contributed by atoms with Gasteiger partial charge in [0.1, 0.15) is 5.82 Å². The predicted molar refractivity (Wildman–Crippen MR) is 72.2 cm³/mol. The van der Waals surface area contributed by atoms with E-state index in [1.54, 1.807) is 20.1 Å². The first-order chi connectivity index (χ1) is 9.35. The summed E-state index contributed by atoms with van der Waals surface area (Å²) in [5, 5.41) is 21.7. The number of carboxylic acids is 1. The zero-order chi connectivity index (χ0) is 15.2. The maximum atomic E-state index is 13.5. The molecule has 6 heteroatoms. The molecule has 0 aliphatic rings. The van der Waals surface area contributed by atoms with Crippen molar-refractivity contribution >= 4 is 5.97 Å². The van der Waals surface area contributed by atoms with Crippen molar-refractivity contribution in [2.75, 3.05) is 20.3 Å². The minimum atomic E-state index is -1.29. The van der Waals surface area contributed by atoms with E-state index < -0.39 is 17.4 Å². The zero-order valence-electron chi connectivity index (χ0n) is 11.6. The lowest BCUT2D eigenvalue weighted by Gasteiger charge is -2.23. The number of nitrogens with one attached hydrogen (secondary N) is 1. The molecule has 1 aromatic rings. The average molecular weight is 285 g/mol. The Hall–Kier alpha value is -1.50. The van der Waals surface area contributed by atoms with Gasteiger partial charge in [0.05, 0.1) is 11.2 Å². The van der Waals surface area contributed by atoms with E-state index in [4.69, 9.17) is 9.84 Å². The van der Waals surface area contributed by atoms with Crippen LogP contribution in [0.1, 0.15) is 29.3 Å². The van der Waals surface area contributed by atoms with Crippen molar-refractivity contribution in [3.05, 3.63) is 35.1 Å². The molecule has 1 unspecified atom stereocenters. The summed E-state index contributed by atoms with van der Waals surface area (Å²) in [6.07, 6.45) is 0.489. The number of carboxylic acid groups (broad SMARTS) is 1. The fraction of sp³-hybridized carbons (Fsp3) is 0.500. The molecule has 0 saturated heterocycles. The van der Waals surface area contributed by atoms with Crippen LogP contribution in [-0.4, -0.2) is 42.0 Å². The van der Waals surface area contributed by atoms with Gasteiger partial charge < -0.3 is 20.3 Å². The number of ether oxygens (including phenoxy) is 1. The third-order valence-electron chi connectivity index (χ3n) is 2.94. The van der Waals surface area contributed by atoms with Crippen LogP contribution >= 0.6 is 0 Å². The van der Waals surface area contributed by atoms with Crippen molar-refractivity contribution in [1.82, 2.24) is 5.32 Å². The van der Waals surface area contributed by atoms with E-state index >= 15 is 0 Å². The first-order valence-corrected chi connectivity index (χ1v) is 6.29. The summed E-state index contributed by atoms with van der Waals surface area (Å²) in [5.74, 6) is -2.05. The standard InChI is InChI=1S/C14H20FNO4/c1-14(19,5-6-20-2)9-16-8-10-3-4-11(13(17)18)12(15)7-10/h3-4,7,16,19H,5-6,8-9H2,1-2H3,(H,17,18). The number of carbonyl (C=O) groups is 1. The average Bonchev–Trinajstić information content (AvgIpc) is 2.36. The molecule has 0 amide bonds. The van der Waals surface area contributed by atoms with Crippen LogP contribution in [0.25, 0.3) is 0 Å². The van der Waals surface area contributed by atoms with Gasteiger partial charge >= 0.3 is 5.97 Å². The smallest absolute Gasteiger partial charge is 0.338 e. The van der Waals surface area contributed by atoms with Crippen molar-refractivity contribution in [2.45, 2.75) is 25.5 Å². The normalized spacial score (nSPS) is 14.0. The molecule has 0 spiro atoms. The number of hydrogen-bond donors (Lipinski definition) is 3. The Bertz CT molecular complexity index is 462. The van der Waals surface area contributed by atoms with Gasteiger partial charge in [-0.1, -0.05) is 6.07 Å². The van der Waals surface area contributed by atoms with Gasteiger partial charge in [-0.15, -0.1) is 0 Å². The fourth-order valence-corrected chi connectivity index (χ4v) is 1.73. The topological polar surface area (TPSA) is 78.8 Å². The highest BCUT2D eigenvalue weighted by molar-refractivity contribution is 5.87. The van der Waals surface area contributed by atoms with E-state index in [0.29, 0.717) is 31.7 Å². The minimum absolute atomic E-state index is 0.332. The summed E-state index contributed by atoms with van der Waals surface area (Å²) in [5.41, 5.74) is -0.633. The van der Waals surface area contributed by atoms with Crippen LogP contribution in [0.15, 0.2) is 18.2 Å². The van der Waals surface area contributed by atoms with Crippen molar-refractivity contribution in [1.29, 1.82) is 0 Å². The zero-order valence-corrected chi connectivity index (χ0v) is 11.6. The van der Waals surface area contributed by atoms with E-state index in [2.05, 4.69) is 5.32 Å². The van der Waals surface area contributed by atoms with Crippen LogP contribution in [-0.2, 0) is 11.3 Å². The molecule has 1 atom stereocenters. The van der Waals surface area contributed by atoms with Gasteiger partial charge in [0.2, 0.25) is 0 Å². The number of halogens is 1. The Balaban J connectivity index is 2.50. The van der Waals surface area contributed by atoms with Gasteiger partial charge in [0.25, 0.3) is 0 Å². The molecule has 0 aliphatic carbocycles. The van der Waals surface area contributed by atoms with E-state index in [1.165, 1.54) is 12.1 Å². The molecule has 0 saturated carbocycles. The summed E-state index contributed by atoms with van der Waals surface area (Å²) in [4.78, 5) is 10.7. The monoisotopic (exact) mass is 285 g/mol. The highest BCUT2D eigenvalue weighted by Gasteiger charge is 2.19. The first-order valence-electron chi connectivity index (χ1n) is 6.29. The van der Waals surface area contributed by atoms with Gasteiger partial charge in [-0.3, -0.25) is 0 Å². The summed E-state index contributed by atoms with van der Waals surface area (Å²) in [6, 6.07) is 3.96.